The molecule has 0 bridgehead atoms. The fourth-order valence-corrected chi connectivity index (χ4v) is 2.03. The molecule has 1 heterocycles. The topological polar surface area (TPSA) is 58.9 Å². The van der Waals surface area contributed by atoms with Gasteiger partial charge in [0.1, 0.15) is 5.82 Å². The number of hydrogen-bond acceptors (Lipinski definition) is 2. The van der Waals surface area contributed by atoms with Gasteiger partial charge < -0.3 is 4.98 Å². The number of aromatic amines is 1. The summed E-state index contributed by atoms with van der Waals surface area (Å²) in [6.45, 7) is 3.41. The summed E-state index contributed by atoms with van der Waals surface area (Å²) in [5, 5.41) is 11.8. The van der Waals surface area contributed by atoms with Gasteiger partial charge in [0.15, 0.2) is 0 Å². The zero-order valence-corrected chi connectivity index (χ0v) is 10.4. The Labute approximate surface area is 104 Å². The summed E-state index contributed by atoms with van der Waals surface area (Å²) >= 11 is 0. The molecule has 0 aliphatic carbocycles. The fourth-order valence-electron chi connectivity index (χ4n) is 2.03. The highest BCUT2D eigenvalue weighted by atomic mass is 19.1. The predicted molar refractivity (Wildman–Crippen MR) is 67.7 cm³/mol. The lowest BCUT2D eigenvalue weighted by atomic mass is 9.91. The van der Waals surface area contributed by atoms with E-state index < -0.39 is 5.54 Å². The molecule has 0 saturated carbocycles. The highest BCUT2D eigenvalue weighted by Gasteiger charge is 2.35. The molecule has 1 aromatic heterocycles. The molecule has 0 saturated heterocycles. The summed E-state index contributed by atoms with van der Waals surface area (Å²) in [5.74, 6) is -0.331. The van der Waals surface area contributed by atoms with Crippen LogP contribution in [0, 0.1) is 15.9 Å². The average molecular weight is 250 g/mol. The van der Waals surface area contributed by atoms with E-state index in [1.165, 1.54) is 12.1 Å². The Balaban J connectivity index is 2.43. The van der Waals surface area contributed by atoms with Gasteiger partial charge in [-0.1, -0.05) is 6.92 Å². The molecule has 0 aliphatic heterocycles. The number of fused-ring (bicyclic) bond motifs is 1. The van der Waals surface area contributed by atoms with Gasteiger partial charge in [-0.25, -0.2) is 4.39 Å². The van der Waals surface area contributed by atoms with Gasteiger partial charge in [0.25, 0.3) is 0 Å². The number of benzene rings is 1. The molecular formula is C13H15FN2O2. The molecule has 18 heavy (non-hydrogen) atoms. The number of aromatic nitrogens is 1. The molecule has 4 nitrogen and oxygen atoms in total. The molecule has 2 aromatic rings. The molecule has 0 amide bonds. The highest BCUT2D eigenvalue weighted by molar-refractivity contribution is 5.83. The van der Waals surface area contributed by atoms with Crippen molar-refractivity contribution < 1.29 is 9.31 Å². The number of nitro groups is 1. The first-order valence-electron chi connectivity index (χ1n) is 5.86. The lowest BCUT2D eigenvalue weighted by Gasteiger charge is -2.18. The van der Waals surface area contributed by atoms with Gasteiger partial charge in [0, 0.05) is 41.8 Å². The van der Waals surface area contributed by atoms with E-state index in [0.717, 1.165) is 16.5 Å². The fraction of sp³-hybridized carbons (Fsp3) is 0.385. The molecule has 2 rings (SSSR count). The first-order valence-corrected chi connectivity index (χ1v) is 5.86. The lowest BCUT2D eigenvalue weighted by Crippen LogP contribution is -2.36. The van der Waals surface area contributed by atoms with Crippen molar-refractivity contribution in [2.24, 2.45) is 0 Å². The van der Waals surface area contributed by atoms with E-state index in [9.17, 15) is 14.5 Å². The van der Waals surface area contributed by atoms with Gasteiger partial charge in [-0.3, -0.25) is 10.1 Å². The molecule has 0 aliphatic rings. The number of rotatable bonds is 4. The second kappa shape index (κ2) is 4.40. The van der Waals surface area contributed by atoms with Crippen LogP contribution in [0.25, 0.3) is 10.9 Å². The SMILES string of the molecule is CCC(C)(Cc1c[nH]c2ccc(F)cc12)[N+](=O)[O-]. The molecule has 0 fully saturated rings. The van der Waals surface area contributed by atoms with Crippen molar-refractivity contribution in [3.63, 3.8) is 0 Å². The molecule has 96 valence electrons. The van der Waals surface area contributed by atoms with Gasteiger partial charge in [0.2, 0.25) is 5.54 Å². The van der Waals surface area contributed by atoms with Crippen molar-refractivity contribution in [3.8, 4) is 0 Å². The molecule has 0 spiro atoms. The van der Waals surface area contributed by atoms with Crippen molar-refractivity contribution in [2.75, 3.05) is 0 Å². The summed E-state index contributed by atoms with van der Waals surface area (Å²) in [7, 11) is 0. The smallest absolute Gasteiger partial charge is 0.223 e. The Kier molecular flexibility index (Phi) is 3.07. The van der Waals surface area contributed by atoms with Gasteiger partial charge in [0.05, 0.1) is 0 Å². The maximum absolute atomic E-state index is 13.2. The average Bonchev–Trinajstić information content (AvgIpc) is 2.71. The number of hydrogen-bond donors (Lipinski definition) is 1. The summed E-state index contributed by atoms with van der Waals surface area (Å²) < 4.78 is 13.2. The van der Waals surface area contributed by atoms with Crippen molar-refractivity contribution in [2.45, 2.75) is 32.2 Å². The largest absolute Gasteiger partial charge is 0.361 e. The Morgan fingerprint density at radius 3 is 2.83 bits per heavy atom. The summed E-state index contributed by atoms with van der Waals surface area (Å²) in [6.07, 6.45) is 2.45. The molecule has 0 radical (unpaired) electrons. The third-order valence-electron chi connectivity index (χ3n) is 3.50. The van der Waals surface area contributed by atoms with Crippen LogP contribution in [0.15, 0.2) is 24.4 Å². The molecular weight excluding hydrogens is 235 g/mol. The van der Waals surface area contributed by atoms with E-state index in [-0.39, 0.29) is 10.7 Å². The highest BCUT2D eigenvalue weighted by Crippen LogP contribution is 2.26. The maximum atomic E-state index is 13.2. The summed E-state index contributed by atoms with van der Waals surface area (Å²) in [6, 6.07) is 4.43. The molecule has 1 atom stereocenters. The summed E-state index contributed by atoms with van der Waals surface area (Å²) in [5.41, 5.74) is 0.570. The summed E-state index contributed by atoms with van der Waals surface area (Å²) in [4.78, 5) is 13.9. The Morgan fingerprint density at radius 1 is 1.50 bits per heavy atom. The van der Waals surface area contributed by atoms with Crippen LogP contribution >= 0.6 is 0 Å². The molecule has 1 aromatic carbocycles. The third kappa shape index (κ3) is 2.08. The van der Waals surface area contributed by atoms with Crippen LogP contribution in [-0.2, 0) is 6.42 Å². The minimum absolute atomic E-state index is 0.259. The molecule has 1 unspecified atom stereocenters. The zero-order valence-electron chi connectivity index (χ0n) is 10.4. The van der Waals surface area contributed by atoms with Crippen molar-refractivity contribution in [3.05, 3.63) is 45.9 Å². The van der Waals surface area contributed by atoms with Gasteiger partial charge in [-0.2, -0.15) is 0 Å². The van der Waals surface area contributed by atoms with Crippen LogP contribution in [0.2, 0.25) is 0 Å². The monoisotopic (exact) mass is 250 g/mol. The van der Waals surface area contributed by atoms with E-state index in [4.69, 9.17) is 0 Å². The van der Waals surface area contributed by atoms with Gasteiger partial charge >= 0.3 is 0 Å². The van der Waals surface area contributed by atoms with E-state index >= 15 is 0 Å². The quantitative estimate of drug-likeness (QED) is 0.668. The van der Waals surface area contributed by atoms with Crippen LogP contribution in [-0.4, -0.2) is 15.4 Å². The van der Waals surface area contributed by atoms with Crippen LogP contribution in [0.5, 0.6) is 0 Å². The molecule has 5 heteroatoms. The van der Waals surface area contributed by atoms with Crippen LogP contribution < -0.4 is 0 Å². The lowest BCUT2D eigenvalue weighted by molar-refractivity contribution is -0.565. The predicted octanol–water partition coefficient (Wildman–Crippen LogP) is 3.29. The normalized spacial score (nSPS) is 14.6. The second-order valence-corrected chi connectivity index (χ2v) is 4.79. The van der Waals surface area contributed by atoms with Crippen LogP contribution in [0.4, 0.5) is 4.39 Å². The number of nitrogens with one attached hydrogen (secondary N) is 1. The first-order chi connectivity index (χ1) is 8.46. The van der Waals surface area contributed by atoms with Crippen molar-refractivity contribution >= 4 is 10.9 Å². The minimum atomic E-state index is -1.01. The Bertz CT molecular complexity index is 594. The molecule has 1 N–H and O–H groups in total. The first kappa shape index (κ1) is 12.5. The van der Waals surface area contributed by atoms with Crippen LogP contribution in [0.1, 0.15) is 25.8 Å². The van der Waals surface area contributed by atoms with E-state index in [2.05, 4.69) is 4.98 Å². The number of halogens is 1. The van der Waals surface area contributed by atoms with E-state index in [1.807, 2.05) is 0 Å². The Hall–Kier alpha value is -1.91. The third-order valence-corrected chi connectivity index (χ3v) is 3.50. The van der Waals surface area contributed by atoms with Crippen LogP contribution in [0.3, 0.4) is 0 Å². The number of H-pyrrole nitrogens is 1. The van der Waals surface area contributed by atoms with Crippen molar-refractivity contribution in [1.29, 1.82) is 0 Å². The second-order valence-electron chi connectivity index (χ2n) is 4.79. The zero-order chi connectivity index (χ0) is 13.3. The van der Waals surface area contributed by atoms with E-state index in [0.29, 0.717) is 12.8 Å². The minimum Gasteiger partial charge on any atom is -0.361 e. The van der Waals surface area contributed by atoms with E-state index in [1.54, 1.807) is 26.1 Å². The van der Waals surface area contributed by atoms with Crippen molar-refractivity contribution in [1.82, 2.24) is 4.98 Å². The maximum Gasteiger partial charge on any atom is 0.223 e. The number of nitrogens with zero attached hydrogens (tertiary/aromatic N) is 1. The van der Waals surface area contributed by atoms with Gasteiger partial charge in [-0.15, -0.1) is 0 Å². The van der Waals surface area contributed by atoms with Gasteiger partial charge in [-0.05, 0) is 23.8 Å². The Morgan fingerprint density at radius 2 is 2.22 bits per heavy atom. The standard InChI is InChI=1S/C13H15FN2O2/c1-3-13(2,16(17)18)7-9-8-15-12-5-4-10(14)6-11(9)12/h4-6,8,15H,3,7H2,1-2H3.